The van der Waals surface area contributed by atoms with Crippen LogP contribution in [0.2, 0.25) is 0 Å². The van der Waals surface area contributed by atoms with Crippen LogP contribution in [0.4, 0.5) is 0 Å². The second kappa shape index (κ2) is 4.29. The van der Waals surface area contributed by atoms with E-state index in [1.165, 1.54) is 0 Å². The summed E-state index contributed by atoms with van der Waals surface area (Å²) in [7, 11) is 0. The molecule has 0 atom stereocenters. The van der Waals surface area contributed by atoms with Gasteiger partial charge in [-0.3, -0.25) is 14.7 Å². The van der Waals surface area contributed by atoms with Gasteiger partial charge in [0.1, 0.15) is 6.54 Å². The van der Waals surface area contributed by atoms with Crippen molar-refractivity contribution in [3.63, 3.8) is 0 Å². The first-order chi connectivity index (χ1) is 8.09. The third kappa shape index (κ3) is 2.13. The highest BCUT2D eigenvalue weighted by atomic mass is 16.4. The number of aromatic amines is 1. The van der Waals surface area contributed by atoms with Gasteiger partial charge >= 0.3 is 5.97 Å². The fourth-order valence-corrected chi connectivity index (χ4v) is 1.71. The summed E-state index contributed by atoms with van der Waals surface area (Å²) in [4.78, 5) is 22.4. The Balaban J connectivity index is 2.51. The first-order valence-electron chi connectivity index (χ1n) is 5.16. The maximum absolute atomic E-state index is 11.8. The van der Waals surface area contributed by atoms with Gasteiger partial charge in [-0.1, -0.05) is 30.3 Å². The van der Waals surface area contributed by atoms with Gasteiger partial charge in [-0.2, -0.15) is 0 Å². The van der Waals surface area contributed by atoms with E-state index in [2.05, 4.69) is 5.10 Å². The minimum atomic E-state index is -1.05. The number of nitrogens with one attached hydrogen (secondary N) is 1. The van der Waals surface area contributed by atoms with Crippen LogP contribution in [0, 0.1) is 6.92 Å². The van der Waals surface area contributed by atoms with E-state index in [-0.39, 0.29) is 12.1 Å². The van der Waals surface area contributed by atoms with E-state index in [1.807, 2.05) is 30.3 Å². The third-order valence-corrected chi connectivity index (χ3v) is 2.54. The second-order valence-electron chi connectivity index (χ2n) is 3.76. The summed E-state index contributed by atoms with van der Waals surface area (Å²) < 4.78 is 1.10. The number of nitrogens with zero attached hydrogens (tertiary/aromatic N) is 1. The summed E-state index contributed by atoms with van der Waals surface area (Å²) in [6, 6.07) is 9.33. The molecule has 0 saturated carbocycles. The number of carboxylic acids is 1. The second-order valence-corrected chi connectivity index (χ2v) is 3.76. The van der Waals surface area contributed by atoms with Gasteiger partial charge in [0.05, 0.1) is 5.69 Å². The average molecular weight is 232 g/mol. The predicted molar refractivity (Wildman–Crippen MR) is 62.9 cm³/mol. The van der Waals surface area contributed by atoms with Crippen LogP contribution in [-0.2, 0) is 11.3 Å². The van der Waals surface area contributed by atoms with Gasteiger partial charge in [0, 0.05) is 5.56 Å². The monoisotopic (exact) mass is 232 g/mol. The molecule has 2 rings (SSSR count). The SMILES string of the molecule is Cc1c(-c2ccccc2)[nH]n(CC(=O)O)c1=O. The van der Waals surface area contributed by atoms with E-state index >= 15 is 0 Å². The highest BCUT2D eigenvalue weighted by Gasteiger charge is 2.12. The molecule has 2 aromatic rings. The molecule has 0 aliphatic rings. The van der Waals surface area contributed by atoms with Crippen molar-refractivity contribution in [2.24, 2.45) is 0 Å². The molecule has 0 fully saturated rings. The Morgan fingerprint density at radius 1 is 1.35 bits per heavy atom. The predicted octanol–water partition coefficient (Wildman–Crippen LogP) is 1.24. The van der Waals surface area contributed by atoms with Crippen molar-refractivity contribution in [3.8, 4) is 11.3 Å². The molecule has 1 heterocycles. The average Bonchev–Trinajstić information content (AvgIpc) is 2.58. The molecule has 88 valence electrons. The Hall–Kier alpha value is -2.30. The molecule has 0 aliphatic carbocycles. The van der Waals surface area contributed by atoms with Crippen molar-refractivity contribution in [2.75, 3.05) is 0 Å². The smallest absolute Gasteiger partial charge is 0.325 e. The number of hydrogen-bond donors (Lipinski definition) is 2. The topological polar surface area (TPSA) is 75.1 Å². The zero-order valence-electron chi connectivity index (χ0n) is 9.30. The van der Waals surface area contributed by atoms with Gasteiger partial charge in [0.2, 0.25) is 0 Å². The van der Waals surface area contributed by atoms with Crippen molar-refractivity contribution in [3.05, 3.63) is 46.2 Å². The molecule has 0 saturated heterocycles. The maximum atomic E-state index is 11.8. The molecule has 0 amide bonds. The number of hydrogen-bond acceptors (Lipinski definition) is 2. The van der Waals surface area contributed by atoms with E-state index in [0.29, 0.717) is 11.3 Å². The van der Waals surface area contributed by atoms with Crippen LogP contribution in [0.1, 0.15) is 5.56 Å². The van der Waals surface area contributed by atoms with Gasteiger partial charge in [-0.15, -0.1) is 0 Å². The third-order valence-electron chi connectivity index (χ3n) is 2.54. The quantitative estimate of drug-likeness (QED) is 0.835. The van der Waals surface area contributed by atoms with Crippen LogP contribution >= 0.6 is 0 Å². The van der Waals surface area contributed by atoms with E-state index in [4.69, 9.17) is 5.11 Å². The Bertz CT molecular complexity index is 596. The Labute approximate surface area is 97.3 Å². The lowest BCUT2D eigenvalue weighted by Gasteiger charge is -1.99. The molecular formula is C12H12N2O3. The van der Waals surface area contributed by atoms with Crippen LogP contribution in [0.15, 0.2) is 35.1 Å². The number of H-pyrrole nitrogens is 1. The van der Waals surface area contributed by atoms with Crippen molar-refractivity contribution >= 4 is 5.97 Å². The zero-order chi connectivity index (χ0) is 12.4. The van der Waals surface area contributed by atoms with Crippen molar-refractivity contribution in [1.82, 2.24) is 9.78 Å². The first kappa shape index (κ1) is 11.2. The summed E-state index contributed by atoms with van der Waals surface area (Å²) in [5.41, 5.74) is 1.76. The number of rotatable bonds is 3. The van der Waals surface area contributed by atoms with Gasteiger partial charge in [-0.25, -0.2) is 4.68 Å². The van der Waals surface area contributed by atoms with E-state index in [0.717, 1.165) is 10.2 Å². The molecule has 2 N–H and O–H groups in total. The van der Waals surface area contributed by atoms with Gasteiger partial charge in [-0.05, 0) is 12.5 Å². The number of aliphatic carboxylic acids is 1. The molecule has 1 aromatic heterocycles. The number of carbonyl (C=O) groups is 1. The Morgan fingerprint density at radius 2 is 2.00 bits per heavy atom. The molecule has 0 bridgehead atoms. The Morgan fingerprint density at radius 3 is 2.59 bits per heavy atom. The molecule has 17 heavy (non-hydrogen) atoms. The largest absolute Gasteiger partial charge is 0.480 e. The van der Waals surface area contributed by atoms with E-state index < -0.39 is 5.97 Å². The molecule has 0 unspecified atom stereocenters. The summed E-state index contributed by atoms with van der Waals surface area (Å²) in [6.45, 7) is 1.33. The molecule has 0 radical (unpaired) electrons. The highest BCUT2D eigenvalue weighted by Crippen LogP contribution is 2.17. The summed E-state index contributed by atoms with van der Waals surface area (Å²) in [5.74, 6) is -1.05. The molecule has 0 aliphatic heterocycles. The van der Waals surface area contributed by atoms with Crippen molar-refractivity contribution < 1.29 is 9.90 Å². The molecular weight excluding hydrogens is 220 g/mol. The van der Waals surface area contributed by atoms with Crippen LogP contribution < -0.4 is 5.56 Å². The van der Waals surface area contributed by atoms with Crippen LogP contribution in [0.5, 0.6) is 0 Å². The molecule has 5 heteroatoms. The molecule has 5 nitrogen and oxygen atoms in total. The van der Waals surface area contributed by atoms with Gasteiger partial charge in [0.25, 0.3) is 5.56 Å². The summed E-state index contributed by atoms with van der Waals surface area (Å²) >= 11 is 0. The van der Waals surface area contributed by atoms with E-state index in [1.54, 1.807) is 6.92 Å². The Kier molecular flexibility index (Phi) is 2.82. The highest BCUT2D eigenvalue weighted by molar-refractivity contribution is 5.67. The fourth-order valence-electron chi connectivity index (χ4n) is 1.71. The lowest BCUT2D eigenvalue weighted by Crippen LogP contribution is -2.22. The first-order valence-corrected chi connectivity index (χ1v) is 5.16. The van der Waals surface area contributed by atoms with Crippen LogP contribution in [-0.4, -0.2) is 20.9 Å². The van der Waals surface area contributed by atoms with Gasteiger partial charge < -0.3 is 5.11 Å². The zero-order valence-corrected chi connectivity index (χ0v) is 9.30. The lowest BCUT2D eigenvalue weighted by molar-refractivity contribution is -0.137. The van der Waals surface area contributed by atoms with E-state index in [9.17, 15) is 9.59 Å². The number of aromatic nitrogens is 2. The number of carboxylic acid groups (broad SMARTS) is 1. The minimum Gasteiger partial charge on any atom is -0.480 e. The van der Waals surface area contributed by atoms with Gasteiger partial charge in [0.15, 0.2) is 0 Å². The standard InChI is InChI=1S/C12H12N2O3/c1-8-11(9-5-3-2-4-6-9)13-14(12(8)17)7-10(15)16/h2-6,13H,7H2,1H3,(H,15,16). The normalized spacial score (nSPS) is 10.4. The maximum Gasteiger partial charge on any atom is 0.325 e. The minimum absolute atomic E-state index is 0.300. The molecule has 0 spiro atoms. The van der Waals surface area contributed by atoms with Crippen LogP contribution in [0.25, 0.3) is 11.3 Å². The summed E-state index contributed by atoms with van der Waals surface area (Å²) in [5, 5.41) is 11.5. The summed E-state index contributed by atoms with van der Waals surface area (Å²) in [6.07, 6.45) is 0. The fraction of sp³-hybridized carbons (Fsp3) is 0.167. The molecule has 1 aromatic carbocycles. The van der Waals surface area contributed by atoms with Crippen molar-refractivity contribution in [2.45, 2.75) is 13.5 Å². The lowest BCUT2D eigenvalue weighted by atomic mass is 10.1. The van der Waals surface area contributed by atoms with Crippen LogP contribution in [0.3, 0.4) is 0 Å². The number of benzene rings is 1. The van der Waals surface area contributed by atoms with Crippen molar-refractivity contribution in [1.29, 1.82) is 0 Å².